The lowest BCUT2D eigenvalue weighted by Gasteiger charge is -2.33. The summed E-state index contributed by atoms with van der Waals surface area (Å²) in [5.41, 5.74) is 0.840. The van der Waals surface area contributed by atoms with E-state index >= 15 is 0 Å². The fourth-order valence-corrected chi connectivity index (χ4v) is 4.43. The average molecular weight is 568 g/mol. The number of halogens is 2. The molecule has 3 rings (SSSR count). The van der Waals surface area contributed by atoms with E-state index in [1.54, 1.807) is 24.3 Å². The van der Waals surface area contributed by atoms with Crippen LogP contribution < -0.4 is 14.8 Å². The SMILES string of the molecule is C[N+](C)(C)C(Cc1ccccc1)C(=O)NCCCCCCCCOc1ccc(OC(=O)c2ccc(F)cc2F)cc1. The molecule has 3 aromatic carbocycles. The van der Waals surface area contributed by atoms with Crippen molar-refractivity contribution in [2.75, 3.05) is 34.3 Å². The first-order valence-electron chi connectivity index (χ1n) is 14.2. The zero-order valence-electron chi connectivity index (χ0n) is 24.2. The molecule has 3 aromatic rings. The number of carbonyl (C=O) groups is 2. The highest BCUT2D eigenvalue weighted by Crippen LogP contribution is 2.20. The van der Waals surface area contributed by atoms with Gasteiger partial charge >= 0.3 is 5.97 Å². The van der Waals surface area contributed by atoms with E-state index in [-0.39, 0.29) is 23.3 Å². The van der Waals surface area contributed by atoms with Crippen molar-refractivity contribution in [2.45, 2.75) is 51.0 Å². The molecule has 1 unspecified atom stereocenters. The van der Waals surface area contributed by atoms with Crippen molar-refractivity contribution in [3.8, 4) is 11.5 Å². The highest BCUT2D eigenvalue weighted by atomic mass is 19.1. The topological polar surface area (TPSA) is 64.6 Å². The number of ether oxygens (including phenoxy) is 2. The Bertz CT molecular complexity index is 1240. The van der Waals surface area contributed by atoms with Gasteiger partial charge in [0.25, 0.3) is 5.91 Å². The molecule has 0 fully saturated rings. The molecule has 41 heavy (non-hydrogen) atoms. The molecule has 0 aliphatic carbocycles. The summed E-state index contributed by atoms with van der Waals surface area (Å²) in [6.07, 6.45) is 6.91. The summed E-state index contributed by atoms with van der Waals surface area (Å²) in [4.78, 5) is 25.0. The second-order valence-corrected chi connectivity index (χ2v) is 11.1. The van der Waals surface area contributed by atoms with E-state index in [1.807, 2.05) is 18.2 Å². The minimum Gasteiger partial charge on any atom is -0.494 e. The van der Waals surface area contributed by atoms with Crippen LogP contribution in [0.15, 0.2) is 72.8 Å². The van der Waals surface area contributed by atoms with E-state index in [0.29, 0.717) is 35.9 Å². The lowest BCUT2D eigenvalue weighted by Crippen LogP contribution is -2.55. The minimum absolute atomic E-state index is 0.103. The highest BCUT2D eigenvalue weighted by Gasteiger charge is 2.31. The Morgan fingerprint density at radius 2 is 1.44 bits per heavy atom. The maximum absolute atomic E-state index is 13.7. The van der Waals surface area contributed by atoms with Gasteiger partial charge in [-0.2, -0.15) is 0 Å². The normalized spacial score (nSPS) is 12.0. The molecule has 0 aromatic heterocycles. The summed E-state index contributed by atoms with van der Waals surface area (Å²) >= 11 is 0. The number of amides is 1. The van der Waals surface area contributed by atoms with E-state index in [9.17, 15) is 18.4 Å². The van der Waals surface area contributed by atoms with Crippen LogP contribution in [0.5, 0.6) is 11.5 Å². The Balaban J connectivity index is 1.25. The van der Waals surface area contributed by atoms with Crippen LogP contribution in [0, 0.1) is 11.6 Å². The van der Waals surface area contributed by atoms with Gasteiger partial charge in [0.15, 0.2) is 6.04 Å². The molecule has 1 atom stereocenters. The molecule has 0 saturated heterocycles. The van der Waals surface area contributed by atoms with Gasteiger partial charge in [-0.25, -0.2) is 13.6 Å². The number of carbonyl (C=O) groups excluding carboxylic acids is 2. The second-order valence-electron chi connectivity index (χ2n) is 11.1. The number of likely N-dealkylation sites (N-methyl/N-ethyl adjacent to an activating group) is 1. The first kappa shape index (κ1) is 31.7. The molecule has 8 heteroatoms. The number of nitrogens with zero attached hydrogens (tertiary/aromatic N) is 1. The fourth-order valence-electron chi connectivity index (χ4n) is 4.43. The van der Waals surface area contributed by atoms with Crippen molar-refractivity contribution in [2.24, 2.45) is 0 Å². The summed E-state index contributed by atoms with van der Waals surface area (Å²) < 4.78 is 38.3. The molecule has 220 valence electrons. The van der Waals surface area contributed by atoms with Crippen molar-refractivity contribution in [3.05, 3.63) is 95.6 Å². The van der Waals surface area contributed by atoms with Gasteiger partial charge in [-0.05, 0) is 54.8 Å². The predicted octanol–water partition coefficient (Wildman–Crippen LogP) is 6.34. The van der Waals surface area contributed by atoms with Crippen molar-refractivity contribution in [3.63, 3.8) is 0 Å². The summed E-state index contributed by atoms with van der Waals surface area (Å²) in [5, 5.41) is 3.13. The highest BCUT2D eigenvalue weighted by molar-refractivity contribution is 5.91. The predicted molar refractivity (Wildman–Crippen MR) is 156 cm³/mol. The fraction of sp³-hybridized carbons (Fsp3) is 0.394. The Labute approximate surface area is 241 Å². The van der Waals surface area contributed by atoms with Crippen molar-refractivity contribution in [1.82, 2.24) is 5.32 Å². The van der Waals surface area contributed by atoms with Crippen LogP contribution in [-0.2, 0) is 11.2 Å². The Hall–Kier alpha value is -3.78. The van der Waals surface area contributed by atoms with E-state index in [1.165, 1.54) is 5.56 Å². The van der Waals surface area contributed by atoms with Crippen LogP contribution in [0.1, 0.15) is 54.4 Å². The number of hydrogen-bond acceptors (Lipinski definition) is 4. The molecular weight excluding hydrogens is 526 g/mol. The van der Waals surface area contributed by atoms with Gasteiger partial charge in [0.2, 0.25) is 0 Å². The number of benzene rings is 3. The molecule has 0 aliphatic rings. The zero-order chi connectivity index (χ0) is 29.7. The van der Waals surface area contributed by atoms with Crippen LogP contribution in [0.25, 0.3) is 0 Å². The Kier molecular flexibility index (Phi) is 12.3. The third kappa shape index (κ3) is 11.0. The minimum atomic E-state index is -0.968. The van der Waals surface area contributed by atoms with Gasteiger partial charge in [-0.15, -0.1) is 0 Å². The van der Waals surface area contributed by atoms with Crippen LogP contribution in [0.3, 0.4) is 0 Å². The van der Waals surface area contributed by atoms with Crippen molar-refractivity contribution >= 4 is 11.9 Å². The second kappa shape index (κ2) is 15.9. The molecule has 0 aliphatic heterocycles. The van der Waals surface area contributed by atoms with Crippen molar-refractivity contribution < 1.29 is 32.3 Å². The molecule has 0 bridgehead atoms. The van der Waals surface area contributed by atoms with Crippen molar-refractivity contribution in [1.29, 1.82) is 0 Å². The molecule has 0 saturated carbocycles. The maximum atomic E-state index is 13.7. The largest absolute Gasteiger partial charge is 0.494 e. The van der Waals surface area contributed by atoms with Crippen LogP contribution in [-0.4, -0.2) is 56.7 Å². The van der Waals surface area contributed by atoms with E-state index in [2.05, 4.69) is 38.6 Å². The molecular formula is C33H41F2N2O4+. The summed E-state index contributed by atoms with van der Waals surface area (Å²) in [6.45, 7) is 1.27. The molecule has 0 radical (unpaired) electrons. The number of esters is 1. The summed E-state index contributed by atoms with van der Waals surface area (Å²) in [6, 6.07) is 19.2. The molecule has 1 N–H and O–H groups in total. The van der Waals surface area contributed by atoms with Gasteiger partial charge in [0, 0.05) is 19.0 Å². The quantitative estimate of drug-likeness (QED) is 0.0950. The number of hydrogen-bond donors (Lipinski definition) is 1. The molecule has 0 heterocycles. The van der Waals surface area contributed by atoms with Gasteiger partial charge in [-0.1, -0.05) is 56.0 Å². The average Bonchev–Trinajstić information content (AvgIpc) is 2.93. The van der Waals surface area contributed by atoms with Crippen LogP contribution >= 0.6 is 0 Å². The van der Waals surface area contributed by atoms with E-state index in [0.717, 1.165) is 50.7 Å². The summed E-state index contributed by atoms with van der Waals surface area (Å²) in [5.74, 6) is -1.63. The number of quaternary nitrogens is 1. The number of nitrogens with one attached hydrogen (secondary N) is 1. The smallest absolute Gasteiger partial charge is 0.346 e. The standard InChI is InChI=1S/C33H40F2N2O4/c1-37(2,3)31(23-25-13-9-8-10-14-25)32(38)36-21-11-6-4-5-7-12-22-40-27-16-18-28(19-17-27)41-33(39)29-20-15-26(34)24-30(29)35/h8-10,13-20,24,31H,4-7,11-12,21-23H2,1-3H3/p+1. The lowest BCUT2D eigenvalue weighted by atomic mass is 10.0. The first-order valence-corrected chi connectivity index (χ1v) is 14.2. The number of rotatable bonds is 16. The summed E-state index contributed by atoms with van der Waals surface area (Å²) in [7, 11) is 6.18. The zero-order valence-corrected chi connectivity index (χ0v) is 24.2. The molecule has 6 nitrogen and oxygen atoms in total. The van der Waals surface area contributed by atoms with Crippen LogP contribution in [0.4, 0.5) is 8.78 Å². The monoisotopic (exact) mass is 567 g/mol. The van der Waals surface area contributed by atoms with Crippen LogP contribution in [0.2, 0.25) is 0 Å². The first-order chi connectivity index (χ1) is 19.6. The third-order valence-electron chi connectivity index (χ3n) is 6.83. The lowest BCUT2D eigenvalue weighted by molar-refractivity contribution is -0.886. The van der Waals surface area contributed by atoms with Gasteiger partial charge in [0.1, 0.15) is 23.1 Å². The third-order valence-corrected chi connectivity index (χ3v) is 6.83. The van der Waals surface area contributed by atoms with Gasteiger partial charge in [-0.3, -0.25) is 4.79 Å². The number of unbranched alkanes of at least 4 members (excludes halogenated alkanes) is 5. The van der Waals surface area contributed by atoms with E-state index < -0.39 is 17.6 Å². The van der Waals surface area contributed by atoms with Gasteiger partial charge in [0.05, 0.1) is 33.3 Å². The van der Waals surface area contributed by atoms with Gasteiger partial charge < -0.3 is 19.3 Å². The Morgan fingerprint density at radius 1 is 0.805 bits per heavy atom. The Morgan fingerprint density at radius 3 is 2.10 bits per heavy atom. The molecule has 0 spiro atoms. The molecule has 1 amide bonds. The maximum Gasteiger partial charge on any atom is 0.346 e. The van der Waals surface area contributed by atoms with E-state index in [4.69, 9.17) is 9.47 Å².